The number of para-hydroxylation sites is 2. The summed E-state index contributed by atoms with van der Waals surface area (Å²) >= 11 is 1.77. The molecular formula is C46H29N3S. The number of benzene rings is 7. The van der Waals surface area contributed by atoms with Gasteiger partial charge in [0.2, 0.25) is 0 Å². The van der Waals surface area contributed by atoms with Crippen LogP contribution >= 0.6 is 11.3 Å². The molecule has 0 atom stereocenters. The van der Waals surface area contributed by atoms with E-state index in [0.717, 1.165) is 38.2 Å². The van der Waals surface area contributed by atoms with Crippen LogP contribution < -0.4 is 0 Å². The molecule has 0 radical (unpaired) electrons. The molecule has 0 amide bonds. The minimum atomic E-state index is 0.747. The van der Waals surface area contributed by atoms with Gasteiger partial charge in [0, 0.05) is 37.7 Å². The van der Waals surface area contributed by atoms with Gasteiger partial charge in [0.25, 0.3) is 0 Å². The lowest BCUT2D eigenvalue weighted by Crippen LogP contribution is -1.93. The molecule has 0 aliphatic rings. The van der Waals surface area contributed by atoms with Gasteiger partial charge >= 0.3 is 0 Å². The Kier molecular flexibility index (Phi) is 6.68. The predicted octanol–water partition coefficient (Wildman–Crippen LogP) is 12.6. The summed E-state index contributed by atoms with van der Waals surface area (Å²) in [5, 5.41) is 3.67. The molecule has 0 spiro atoms. The molecule has 3 aromatic heterocycles. The maximum Gasteiger partial charge on any atom is 0.160 e. The van der Waals surface area contributed by atoms with Crippen molar-refractivity contribution < 1.29 is 0 Å². The van der Waals surface area contributed by atoms with E-state index in [9.17, 15) is 0 Å². The van der Waals surface area contributed by atoms with E-state index in [1.807, 2.05) is 24.3 Å². The molecule has 7 aromatic carbocycles. The summed E-state index contributed by atoms with van der Waals surface area (Å²) in [6.07, 6.45) is 0. The van der Waals surface area contributed by atoms with Gasteiger partial charge in [-0.25, -0.2) is 9.97 Å². The largest absolute Gasteiger partial charge is 0.309 e. The van der Waals surface area contributed by atoms with Crippen LogP contribution in [0.3, 0.4) is 0 Å². The normalized spacial score (nSPS) is 11.6. The summed E-state index contributed by atoms with van der Waals surface area (Å²) in [7, 11) is 0. The van der Waals surface area contributed by atoms with Crippen LogP contribution in [-0.4, -0.2) is 14.5 Å². The van der Waals surface area contributed by atoms with Crippen LogP contribution in [0, 0.1) is 0 Å². The monoisotopic (exact) mass is 655 g/mol. The van der Waals surface area contributed by atoms with Crippen LogP contribution in [0.25, 0.3) is 92.7 Å². The third kappa shape index (κ3) is 4.73. The Labute approximate surface area is 293 Å². The standard InChI is InChI=1S/C46H29N3S/c1-4-13-30(14-5-1)43-45-44(48-46(47-43)31-15-6-2-7-16-31)38-25-23-35(29-42(38)50-45)33-18-12-17-32(27-33)34-24-26-41-39(28-34)37-21-10-11-22-40(37)49(41)36-19-8-3-9-20-36/h1-29H. The Morgan fingerprint density at radius 3 is 1.78 bits per heavy atom. The van der Waals surface area contributed by atoms with Crippen LogP contribution in [0.15, 0.2) is 176 Å². The average Bonchev–Trinajstić information content (AvgIpc) is 3.73. The lowest BCUT2D eigenvalue weighted by molar-refractivity contribution is 1.18. The minimum absolute atomic E-state index is 0.747. The molecular weight excluding hydrogens is 627 g/mol. The molecule has 0 saturated heterocycles. The van der Waals surface area contributed by atoms with Gasteiger partial charge in [-0.3, -0.25) is 0 Å². The van der Waals surface area contributed by atoms with Crippen molar-refractivity contribution in [2.45, 2.75) is 0 Å². The van der Waals surface area contributed by atoms with E-state index in [0.29, 0.717) is 0 Å². The third-order valence-electron chi connectivity index (χ3n) is 9.61. The van der Waals surface area contributed by atoms with Crippen LogP contribution in [0.2, 0.25) is 0 Å². The maximum atomic E-state index is 5.14. The zero-order chi connectivity index (χ0) is 33.0. The molecule has 0 saturated carbocycles. The van der Waals surface area contributed by atoms with Crippen molar-refractivity contribution in [3.05, 3.63) is 176 Å². The van der Waals surface area contributed by atoms with Gasteiger partial charge in [0.1, 0.15) is 0 Å². The van der Waals surface area contributed by atoms with E-state index >= 15 is 0 Å². The average molecular weight is 656 g/mol. The number of aromatic nitrogens is 3. The zero-order valence-corrected chi connectivity index (χ0v) is 27.8. The Bertz CT molecular complexity index is 2850. The molecule has 10 aromatic rings. The van der Waals surface area contributed by atoms with Crippen molar-refractivity contribution in [3.63, 3.8) is 0 Å². The summed E-state index contributed by atoms with van der Waals surface area (Å²) < 4.78 is 4.68. The fourth-order valence-electron chi connectivity index (χ4n) is 7.22. The fourth-order valence-corrected chi connectivity index (χ4v) is 8.41. The number of fused-ring (bicyclic) bond motifs is 6. The van der Waals surface area contributed by atoms with Crippen molar-refractivity contribution in [2.75, 3.05) is 0 Å². The zero-order valence-electron chi connectivity index (χ0n) is 27.0. The SMILES string of the molecule is c1ccc(-c2nc(-c3ccccc3)c3sc4cc(-c5cccc(-c6ccc7c(c6)c6ccccc6n7-c6ccccc6)c5)ccc4c3n2)cc1. The Morgan fingerprint density at radius 1 is 0.400 bits per heavy atom. The molecule has 0 fully saturated rings. The van der Waals surface area contributed by atoms with Crippen LogP contribution in [0.4, 0.5) is 0 Å². The third-order valence-corrected chi connectivity index (χ3v) is 10.8. The first-order valence-electron chi connectivity index (χ1n) is 16.8. The first-order valence-corrected chi connectivity index (χ1v) is 17.6. The number of thiophene rings is 1. The van der Waals surface area contributed by atoms with Crippen molar-refractivity contribution in [2.24, 2.45) is 0 Å². The molecule has 0 unspecified atom stereocenters. The Morgan fingerprint density at radius 2 is 1.00 bits per heavy atom. The molecule has 0 aliphatic carbocycles. The molecule has 0 N–H and O–H groups in total. The maximum absolute atomic E-state index is 5.14. The first kappa shape index (κ1) is 28.6. The summed E-state index contributed by atoms with van der Waals surface area (Å²) in [4.78, 5) is 10.3. The van der Waals surface area contributed by atoms with Crippen molar-refractivity contribution >= 4 is 53.4 Å². The predicted molar refractivity (Wildman–Crippen MR) is 211 cm³/mol. The van der Waals surface area contributed by atoms with Crippen molar-refractivity contribution in [3.8, 4) is 50.6 Å². The first-order chi connectivity index (χ1) is 24.8. The van der Waals surface area contributed by atoms with Gasteiger partial charge in [-0.15, -0.1) is 11.3 Å². The summed E-state index contributed by atoms with van der Waals surface area (Å²) in [5.74, 6) is 0.747. The van der Waals surface area contributed by atoms with E-state index in [2.05, 4.69) is 156 Å². The smallest absolute Gasteiger partial charge is 0.160 e. The highest BCUT2D eigenvalue weighted by Gasteiger charge is 2.18. The van der Waals surface area contributed by atoms with Gasteiger partial charge in [-0.1, -0.05) is 133 Å². The lowest BCUT2D eigenvalue weighted by Gasteiger charge is -2.09. The van der Waals surface area contributed by atoms with Crippen LogP contribution in [-0.2, 0) is 0 Å². The molecule has 0 bridgehead atoms. The van der Waals surface area contributed by atoms with Gasteiger partial charge < -0.3 is 4.57 Å². The lowest BCUT2D eigenvalue weighted by atomic mass is 9.97. The summed E-state index contributed by atoms with van der Waals surface area (Å²) in [6, 6.07) is 62.6. The van der Waals surface area contributed by atoms with Gasteiger partial charge in [-0.05, 0) is 64.7 Å². The summed E-state index contributed by atoms with van der Waals surface area (Å²) in [5.41, 5.74) is 12.5. The van der Waals surface area contributed by atoms with E-state index in [-0.39, 0.29) is 0 Å². The molecule has 234 valence electrons. The second-order valence-corrected chi connectivity index (χ2v) is 13.7. The number of hydrogen-bond donors (Lipinski definition) is 0. The molecule has 50 heavy (non-hydrogen) atoms. The van der Waals surface area contributed by atoms with Crippen molar-refractivity contribution in [1.82, 2.24) is 14.5 Å². The molecule has 10 rings (SSSR count). The van der Waals surface area contributed by atoms with E-state index in [1.165, 1.54) is 54.4 Å². The highest BCUT2D eigenvalue weighted by Crippen LogP contribution is 2.41. The molecule has 0 aliphatic heterocycles. The summed E-state index contributed by atoms with van der Waals surface area (Å²) in [6.45, 7) is 0. The highest BCUT2D eigenvalue weighted by molar-refractivity contribution is 7.26. The Balaban J connectivity index is 1.09. The van der Waals surface area contributed by atoms with Gasteiger partial charge in [-0.2, -0.15) is 0 Å². The minimum Gasteiger partial charge on any atom is -0.309 e. The molecule has 3 nitrogen and oxygen atoms in total. The fraction of sp³-hybridized carbons (Fsp3) is 0. The van der Waals surface area contributed by atoms with Gasteiger partial charge in [0.05, 0.1) is 26.9 Å². The van der Waals surface area contributed by atoms with Crippen molar-refractivity contribution in [1.29, 1.82) is 0 Å². The molecule has 3 heterocycles. The van der Waals surface area contributed by atoms with E-state index in [4.69, 9.17) is 9.97 Å². The number of hydrogen-bond acceptors (Lipinski definition) is 3. The van der Waals surface area contributed by atoms with E-state index < -0.39 is 0 Å². The Hall–Kier alpha value is -6.36. The van der Waals surface area contributed by atoms with Gasteiger partial charge in [0.15, 0.2) is 5.82 Å². The van der Waals surface area contributed by atoms with E-state index in [1.54, 1.807) is 11.3 Å². The van der Waals surface area contributed by atoms with Crippen LogP contribution in [0.1, 0.15) is 0 Å². The quantitative estimate of drug-likeness (QED) is 0.185. The topological polar surface area (TPSA) is 30.7 Å². The highest BCUT2D eigenvalue weighted by atomic mass is 32.1. The molecule has 4 heteroatoms. The number of nitrogens with zero attached hydrogens (tertiary/aromatic N) is 3. The number of rotatable bonds is 5. The second kappa shape index (κ2) is 11.7. The second-order valence-electron chi connectivity index (χ2n) is 12.6. The van der Waals surface area contributed by atoms with Crippen LogP contribution in [0.5, 0.6) is 0 Å².